The fourth-order valence-corrected chi connectivity index (χ4v) is 1.57. The van der Waals surface area contributed by atoms with E-state index in [4.69, 9.17) is 9.47 Å². The summed E-state index contributed by atoms with van der Waals surface area (Å²) in [5.74, 6) is 0.654. The molecule has 5 heteroatoms. The van der Waals surface area contributed by atoms with E-state index in [0.717, 1.165) is 17.3 Å². The summed E-state index contributed by atoms with van der Waals surface area (Å²) < 4.78 is 10.2. The van der Waals surface area contributed by atoms with E-state index in [1.54, 1.807) is 37.6 Å². The molecule has 1 aromatic rings. The van der Waals surface area contributed by atoms with E-state index in [-0.39, 0.29) is 0 Å². The van der Waals surface area contributed by atoms with Gasteiger partial charge < -0.3 is 9.47 Å². The molecule has 1 rings (SSSR count). The summed E-state index contributed by atoms with van der Waals surface area (Å²) in [7, 11) is 3.09. The van der Waals surface area contributed by atoms with E-state index in [9.17, 15) is 9.59 Å². The van der Waals surface area contributed by atoms with Crippen LogP contribution in [0.3, 0.4) is 0 Å². The molecule has 0 heterocycles. The molecule has 0 saturated carbocycles. The third kappa shape index (κ3) is 3.63. The van der Waals surface area contributed by atoms with Gasteiger partial charge in [0, 0.05) is 0 Å². The highest BCUT2D eigenvalue weighted by molar-refractivity contribution is 8.14. The Hall–Kier alpha value is -1.75. The lowest BCUT2D eigenvalue weighted by Crippen LogP contribution is -2.04. The van der Waals surface area contributed by atoms with E-state index >= 15 is 0 Å². The zero-order valence-electron chi connectivity index (χ0n) is 10.4. The standard InChI is InChI=1S/C13H14O4S/c1-16-11-7-5-9(8-12(11)17-2)4-6-10(14)13(15)18-3/h4-8H,1-3H3/b6-4+. The van der Waals surface area contributed by atoms with Crippen molar-refractivity contribution in [1.29, 1.82) is 0 Å². The van der Waals surface area contributed by atoms with Gasteiger partial charge in [-0.2, -0.15) is 0 Å². The molecular formula is C13H14O4S. The molecule has 0 aliphatic carbocycles. The minimum atomic E-state index is -0.530. The molecule has 0 unspecified atom stereocenters. The Morgan fingerprint density at radius 1 is 1.17 bits per heavy atom. The second-order valence-electron chi connectivity index (χ2n) is 3.30. The summed E-state index contributed by atoms with van der Waals surface area (Å²) in [5.41, 5.74) is 0.759. The minimum Gasteiger partial charge on any atom is -0.493 e. The van der Waals surface area contributed by atoms with Crippen molar-refractivity contribution in [2.24, 2.45) is 0 Å². The highest BCUT2D eigenvalue weighted by atomic mass is 32.2. The molecule has 0 radical (unpaired) electrons. The average Bonchev–Trinajstić information content (AvgIpc) is 2.43. The Labute approximate surface area is 110 Å². The molecule has 0 aromatic heterocycles. The van der Waals surface area contributed by atoms with Crippen molar-refractivity contribution in [1.82, 2.24) is 0 Å². The molecule has 0 N–H and O–H groups in total. The van der Waals surface area contributed by atoms with Gasteiger partial charge in [-0.05, 0) is 30.0 Å². The first-order valence-electron chi connectivity index (χ1n) is 5.14. The smallest absolute Gasteiger partial charge is 0.259 e. The summed E-state index contributed by atoms with van der Waals surface area (Å²) in [6.45, 7) is 0. The predicted molar refractivity (Wildman–Crippen MR) is 72.1 cm³/mol. The van der Waals surface area contributed by atoms with Crippen molar-refractivity contribution >= 4 is 28.7 Å². The van der Waals surface area contributed by atoms with Gasteiger partial charge in [0.15, 0.2) is 11.5 Å². The minimum absolute atomic E-state index is 0.480. The van der Waals surface area contributed by atoms with Gasteiger partial charge in [-0.3, -0.25) is 9.59 Å². The summed E-state index contributed by atoms with van der Waals surface area (Å²) in [4.78, 5) is 22.4. The fourth-order valence-electron chi connectivity index (χ4n) is 1.30. The van der Waals surface area contributed by atoms with Crippen molar-refractivity contribution < 1.29 is 19.1 Å². The third-order valence-electron chi connectivity index (χ3n) is 2.22. The molecule has 0 saturated heterocycles. The maximum Gasteiger partial charge on any atom is 0.259 e. The second kappa shape index (κ2) is 6.86. The summed E-state index contributed by atoms with van der Waals surface area (Å²) in [6.07, 6.45) is 4.39. The van der Waals surface area contributed by atoms with Crippen LogP contribution >= 0.6 is 11.8 Å². The molecule has 96 valence electrons. The number of hydrogen-bond acceptors (Lipinski definition) is 5. The van der Waals surface area contributed by atoms with Crippen molar-refractivity contribution in [2.45, 2.75) is 0 Å². The van der Waals surface area contributed by atoms with E-state index < -0.39 is 10.9 Å². The van der Waals surface area contributed by atoms with Gasteiger partial charge >= 0.3 is 0 Å². The fraction of sp³-hybridized carbons (Fsp3) is 0.231. The lowest BCUT2D eigenvalue weighted by Gasteiger charge is -2.07. The lowest BCUT2D eigenvalue weighted by molar-refractivity contribution is -0.128. The molecule has 0 fully saturated rings. The van der Waals surface area contributed by atoms with Crippen LogP contribution in [0.1, 0.15) is 5.56 Å². The van der Waals surface area contributed by atoms with Gasteiger partial charge in [0.2, 0.25) is 5.78 Å². The molecule has 0 spiro atoms. The van der Waals surface area contributed by atoms with Crippen LogP contribution in [0.15, 0.2) is 24.3 Å². The Morgan fingerprint density at radius 2 is 1.83 bits per heavy atom. The van der Waals surface area contributed by atoms with Crippen molar-refractivity contribution in [3.63, 3.8) is 0 Å². The Kier molecular flexibility index (Phi) is 5.45. The molecule has 0 aliphatic rings. The van der Waals surface area contributed by atoms with Crippen LogP contribution in [-0.2, 0) is 9.59 Å². The molecule has 1 aromatic carbocycles. The Balaban J connectivity index is 2.89. The van der Waals surface area contributed by atoms with Gasteiger partial charge in [0.05, 0.1) is 14.2 Å². The van der Waals surface area contributed by atoms with Crippen LogP contribution in [0.5, 0.6) is 11.5 Å². The molecule has 4 nitrogen and oxygen atoms in total. The number of carbonyl (C=O) groups excluding carboxylic acids is 2. The molecular weight excluding hydrogens is 252 g/mol. The summed E-state index contributed by atoms with van der Waals surface area (Å²) in [5, 5.41) is -0.480. The highest BCUT2D eigenvalue weighted by Gasteiger charge is 2.08. The predicted octanol–water partition coefficient (Wildman–Crippen LogP) is 2.18. The molecule has 18 heavy (non-hydrogen) atoms. The van der Waals surface area contributed by atoms with E-state index in [0.29, 0.717) is 11.5 Å². The number of carbonyl (C=O) groups is 2. The van der Waals surface area contributed by atoms with Gasteiger partial charge in [0.1, 0.15) is 0 Å². The van der Waals surface area contributed by atoms with Crippen LogP contribution in [0.4, 0.5) is 0 Å². The number of ether oxygens (including phenoxy) is 2. The normalized spacial score (nSPS) is 10.4. The van der Waals surface area contributed by atoms with Crippen LogP contribution < -0.4 is 9.47 Å². The number of hydrogen-bond donors (Lipinski definition) is 0. The third-order valence-corrected chi connectivity index (χ3v) is 2.79. The number of allylic oxidation sites excluding steroid dienone is 1. The SMILES string of the molecule is COc1ccc(/C=C/C(=O)C(=O)SC)cc1OC. The van der Waals surface area contributed by atoms with Crippen LogP contribution in [0.2, 0.25) is 0 Å². The number of benzene rings is 1. The van der Waals surface area contributed by atoms with E-state index in [2.05, 4.69) is 0 Å². The highest BCUT2D eigenvalue weighted by Crippen LogP contribution is 2.27. The molecule has 0 atom stereocenters. The zero-order valence-corrected chi connectivity index (χ0v) is 11.2. The second-order valence-corrected chi connectivity index (χ2v) is 4.08. The largest absolute Gasteiger partial charge is 0.493 e. The first-order chi connectivity index (χ1) is 8.62. The van der Waals surface area contributed by atoms with Crippen LogP contribution in [0, 0.1) is 0 Å². The first-order valence-corrected chi connectivity index (χ1v) is 6.37. The van der Waals surface area contributed by atoms with Crippen LogP contribution in [0.25, 0.3) is 6.08 Å². The average molecular weight is 266 g/mol. The first kappa shape index (κ1) is 14.3. The van der Waals surface area contributed by atoms with Crippen molar-refractivity contribution in [3.8, 4) is 11.5 Å². The van der Waals surface area contributed by atoms with Crippen molar-refractivity contribution in [3.05, 3.63) is 29.8 Å². The summed E-state index contributed by atoms with van der Waals surface area (Å²) >= 11 is 0.897. The van der Waals surface area contributed by atoms with Gasteiger partial charge in [-0.25, -0.2) is 0 Å². The molecule has 0 aliphatic heterocycles. The maximum absolute atomic E-state index is 11.3. The quantitative estimate of drug-likeness (QED) is 0.604. The monoisotopic (exact) mass is 266 g/mol. The Bertz CT molecular complexity index is 480. The number of ketones is 1. The van der Waals surface area contributed by atoms with Crippen LogP contribution in [-0.4, -0.2) is 31.4 Å². The number of methoxy groups -OCH3 is 2. The summed E-state index contributed by atoms with van der Waals surface area (Å²) in [6, 6.07) is 5.24. The topological polar surface area (TPSA) is 52.6 Å². The number of rotatable bonds is 5. The van der Waals surface area contributed by atoms with Gasteiger partial charge in [-0.1, -0.05) is 23.9 Å². The van der Waals surface area contributed by atoms with Gasteiger partial charge in [0.25, 0.3) is 5.12 Å². The van der Waals surface area contributed by atoms with Gasteiger partial charge in [-0.15, -0.1) is 0 Å². The number of thioether (sulfide) groups is 1. The maximum atomic E-state index is 11.3. The molecule has 0 bridgehead atoms. The zero-order chi connectivity index (χ0) is 13.5. The Morgan fingerprint density at radius 3 is 2.39 bits per heavy atom. The van der Waals surface area contributed by atoms with Crippen molar-refractivity contribution in [2.75, 3.05) is 20.5 Å². The van der Waals surface area contributed by atoms with E-state index in [1.807, 2.05) is 0 Å². The lowest BCUT2D eigenvalue weighted by atomic mass is 10.1. The molecule has 0 amide bonds. The van der Waals surface area contributed by atoms with E-state index in [1.165, 1.54) is 13.2 Å².